The number of nitrogens with one attached hydrogen (secondary N) is 1. The second kappa shape index (κ2) is 8.63. The van der Waals surface area contributed by atoms with E-state index in [9.17, 15) is 14.4 Å². The standard InChI is InChI=1S/C24H20BrNO6/c1-12-19(24(29)31-3)20(16-10-13(25)8-9-17(16)32-11-18(27)30-2)21-22(26-12)14-6-4-5-7-15(14)23(21)28/h4-10,20,26H,11H2,1-3H3/t20-/m0/s1. The molecule has 8 heteroatoms. The number of fused-ring (bicyclic) bond motifs is 2. The van der Waals surface area contributed by atoms with Crippen LogP contribution in [-0.2, 0) is 19.1 Å². The maximum absolute atomic E-state index is 13.5. The predicted octanol–water partition coefficient (Wildman–Crippen LogP) is 3.74. The number of halogens is 1. The molecule has 0 aromatic heterocycles. The van der Waals surface area contributed by atoms with Gasteiger partial charge in [0.2, 0.25) is 0 Å². The molecule has 0 bridgehead atoms. The molecule has 1 aliphatic carbocycles. The van der Waals surface area contributed by atoms with Crippen molar-refractivity contribution in [1.82, 2.24) is 5.32 Å². The Labute approximate surface area is 193 Å². The Morgan fingerprint density at radius 1 is 1.06 bits per heavy atom. The number of ether oxygens (including phenoxy) is 3. The molecule has 0 amide bonds. The van der Waals surface area contributed by atoms with Crippen molar-refractivity contribution in [2.75, 3.05) is 20.8 Å². The van der Waals surface area contributed by atoms with Gasteiger partial charge in [-0.3, -0.25) is 4.79 Å². The Morgan fingerprint density at radius 2 is 1.78 bits per heavy atom. The Morgan fingerprint density at radius 3 is 2.47 bits per heavy atom. The lowest BCUT2D eigenvalue weighted by molar-refractivity contribution is -0.143. The normalized spacial score (nSPS) is 16.9. The van der Waals surface area contributed by atoms with Crippen LogP contribution < -0.4 is 10.1 Å². The highest BCUT2D eigenvalue weighted by molar-refractivity contribution is 9.10. The Bertz CT molecular complexity index is 1210. The smallest absolute Gasteiger partial charge is 0.343 e. The van der Waals surface area contributed by atoms with Crippen LogP contribution in [0.4, 0.5) is 0 Å². The van der Waals surface area contributed by atoms with Gasteiger partial charge in [-0.2, -0.15) is 0 Å². The average molecular weight is 498 g/mol. The summed E-state index contributed by atoms with van der Waals surface area (Å²) >= 11 is 3.47. The lowest BCUT2D eigenvalue weighted by atomic mass is 9.79. The molecule has 2 aromatic carbocycles. The number of allylic oxidation sites excluding steroid dienone is 2. The minimum absolute atomic E-state index is 0.180. The fourth-order valence-corrected chi connectivity index (χ4v) is 4.47. The summed E-state index contributed by atoms with van der Waals surface area (Å²) in [5.41, 5.74) is 3.84. The number of methoxy groups -OCH3 is 2. The number of hydrogen-bond donors (Lipinski definition) is 1. The molecule has 0 unspecified atom stereocenters. The number of carbonyl (C=O) groups excluding carboxylic acids is 3. The summed E-state index contributed by atoms with van der Waals surface area (Å²) in [6.45, 7) is 1.45. The molecule has 0 fully saturated rings. The Kier molecular flexibility index (Phi) is 5.88. The first kappa shape index (κ1) is 21.8. The first-order valence-electron chi connectivity index (χ1n) is 9.80. The molecule has 0 saturated carbocycles. The summed E-state index contributed by atoms with van der Waals surface area (Å²) in [4.78, 5) is 38.0. The highest BCUT2D eigenvalue weighted by Crippen LogP contribution is 2.49. The number of ketones is 1. The fourth-order valence-electron chi connectivity index (χ4n) is 4.09. The van der Waals surface area contributed by atoms with Crippen LogP contribution in [0.1, 0.15) is 34.3 Å². The van der Waals surface area contributed by atoms with Gasteiger partial charge < -0.3 is 19.5 Å². The Hall–Kier alpha value is -3.39. The zero-order valence-corrected chi connectivity index (χ0v) is 19.2. The van der Waals surface area contributed by atoms with Crippen molar-refractivity contribution in [1.29, 1.82) is 0 Å². The summed E-state index contributed by atoms with van der Waals surface area (Å²) in [5, 5.41) is 3.23. The molecular formula is C24H20BrNO6. The van der Waals surface area contributed by atoms with E-state index in [1.807, 2.05) is 12.1 Å². The molecule has 0 saturated heterocycles. The van der Waals surface area contributed by atoms with Gasteiger partial charge in [0.15, 0.2) is 12.4 Å². The number of rotatable bonds is 5. The number of hydrogen-bond acceptors (Lipinski definition) is 7. The van der Waals surface area contributed by atoms with Gasteiger partial charge in [0.25, 0.3) is 0 Å². The molecule has 0 spiro atoms. The average Bonchev–Trinajstić information content (AvgIpc) is 3.08. The van der Waals surface area contributed by atoms with Crippen LogP contribution in [0.15, 0.2) is 63.8 Å². The van der Waals surface area contributed by atoms with Gasteiger partial charge in [-0.25, -0.2) is 9.59 Å². The maximum atomic E-state index is 13.5. The van der Waals surface area contributed by atoms with E-state index in [0.29, 0.717) is 39.4 Å². The minimum Gasteiger partial charge on any atom is -0.482 e. The zero-order chi connectivity index (χ0) is 23.0. The largest absolute Gasteiger partial charge is 0.482 e. The van der Waals surface area contributed by atoms with E-state index in [1.54, 1.807) is 37.3 Å². The monoisotopic (exact) mass is 497 g/mol. The number of Topliss-reactive ketones (excluding diaryl/α,β-unsaturated/α-hetero) is 1. The quantitative estimate of drug-likeness (QED) is 0.629. The second-order valence-electron chi connectivity index (χ2n) is 7.30. The lowest BCUT2D eigenvalue weighted by Crippen LogP contribution is -2.29. The molecule has 2 aliphatic rings. The van der Waals surface area contributed by atoms with Crippen LogP contribution in [0.2, 0.25) is 0 Å². The predicted molar refractivity (Wildman–Crippen MR) is 120 cm³/mol. The van der Waals surface area contributed by atoms with E-state index in [4.69, 9.17) is 9.47 Å². The molecular weight excluding hydrogens is 478 g/mol. The van der Waals surface area contributed by atoms with E-state index in [-0.39, 0.29) is 12.4 Å². The molecule has 1 N–H and O–H groups in total. The number of benzene rings is 2. The summed E-state index contributed by atoms with van der Waals surface area (Å²) in [5.74, 6) is -1.69. The van der Waals surface area contributed by atoms with Crippen LogP contribution >= 0.6 is 15.9 Å². The van der Waals surface area contributed by atoms with Gasteiger partial charge in [-0.05, 0) is 25.1 Å². The van der Waals surface area contributed by atoms with Crippen LogP contribution in [0.3, 0.4) is 0 Å². The molecule has 2 aromatic rings. The van der Waals surface area contributed by atoms with Gasteiger partial charge >= 0.3 is 11.9 Å². The van der Waals surface area contributed by atoms with Crippen molar-refractivity contribution in [3.8, 4) is 5.75 Å². The minimum atomic E-state index is -0.760. The van der Waals surface area contributed by atoms with Gasteiger partial charge in [0.1, 0.15) is 5.75 Å². The summed E-state index contributed by atoms with van der Waals surface area (Å²) in [7, 11) is 2.57. The van der Waals surface area contributed by atoms with Gasteiger partial charge in [0.05, 0.1) is 31.4 Å². The van der Waals surface area contributed by atoms with Crippen LogP contribution in [0, 0.1) is 0 Å². The van der Waals surface area contributed by atoms with Gasteiger partial charge in [-0.15, -0.1) is 0 Å². The number of carbonyl (C=O) groups is 3. The van der Waals surface area contributed by atoms with Crippen molar-refractivity contribution >= 4 is 39.3 Å². The van der Waals surface area contributed by atoms with E-state index in [1.165, 1.54) is 14.2 Å². The van der Waals surface area contributed by atoms with Crippen molar-refractivity contribution < 1.29 is 28.6 Å². The molecule has 0 radical (unpaired) electrons. The van der Waals surface area contributed by atoms with E-state index in [0.717, 1.165) is 10.0 Å². The summed E-state index contributed by atoms with van der Waals surface area (Å²) in [6, 6.07) is 12.5. The second-order valence-corrected chi connectivity index (χ2v) is 8.21. The Balaban J connectivity index is 1.93. The number of dihydropyridines is 1. The van der Waals surface area contributed by atoms with Crippen LogP contribution in [0.25, 0.3) is 5.70 Å². The topological polar surface area (TPSA) is 90.9 Å². The third-order valence-corrected chi connectivity index (χ3v) is 6.00. The first-order chi connectivity index (χ1) is 15.4. The zero-order valence-electron chi connectivity index (χ0n) is 17.7. The number of esters is 2. The SMILES string of the molecule is COC(=O)COc1ccc(Br)cc1[C@H]1C(C(=O)OC)=C(C)NC2=C1C(=O)c1ccccc12. The molecule has 164 valence electrons. The van der Waals surface area contributed by atoms with E-state index in [2.05, 4.69) is 26.0 Å². The summed E-state index contributed by atoms with van der Waals surface area (Å²) < 4.78 is 16.2. The third-order valence-electron chi connectivity index (χ3n) is 5.51. The summed E-state index contributed by atoms with van der Waals surface area (Å²) in [6.07, 6.45) is 0. The molecule has 32 heavy (non-hydrogen) atoms. The first-order valence-corrected chi connectivity index (χ1v) is 10.6. The van der Waals surface area contributed by atoms with Crippen LogP contribution in [0.5, 0.6) is 5.75 Å². The fraction of sp³-hybridized carbons (Fsp3) is 0.208. The third kappa shape index (κ3) is 3.60. The van der Waals surface area contributed by atoms with Crippen molar-refractivity contribution in [3.05, 3.63) is 80.5 Å². The van der Waals surface area contributed by atoms with Gasteiger partial charge in [0, 0.05) is 32.4 Å². The molecule has 1 heterocycles. The van der Waals surface area contributed by atoms with E-state index < -0.39 is 17.9 Å². The lowest BCUT2D eigenvalue weighted by Gasteiger charge is -2.30. The molecule has 4 rings (SSSR count). The van der Waals surface area contributed by atoms with Gasteiger partial charge in [-0.1, -0.05) is 40.2 Å². The maximum Gasteiger partial charge on any atom is 0.343 e. The highest BCUT2D eigenvalue weighted by atomic mass is 79.9. The van der Waals surface area contributed by atoms with Crippen molar-refractivity contribution in [2.45, 2.75) is 12.8 Å². The molecule has 1 aliphatic heterocycles. The molecule has 1 atom stereocenters. The molecule has 7 nitrogen and oxygen atoms in total. The van der Waals surface area contributed by atoms with Crippen LogP contribution in [-0.4, -0.2) is 38.5 Å². The van der Waals surface area contributed by atoms with Crippen molar-refractivity contribution in [2.24, 2.45) is 0 Å². The van der Waals surface area contributed by atoms with E-state index >= 15 is 0 Å². The van der Waals surface area contributed by atoms with Crippen molar-refractivity contribution in [3.63, 3.8) is 0 Å². The highest BCUT2D eigenvalue weighted by Gasteiger charge is 2.43.